The summed E-state index contributed by atoms with van der Waals surface area (Å²) in [5.74, 6) is 0. The molecule has 1 N–H and O–H groups in total. The fraction of sp³-hybridized carbons (Fsp3) is 0. The Morgan fingerprint density at radius 3 is 2.68 bits per heavy atom. The first-order chi connectivity index (χ1) is 10.7. The van der Waals surface area contributed by atoms with Crippen molar-refractivity contribution >= 4 is 33.5 Å². The minimum atomic E-state index is -0.210. The fourth-order valence-electron chi connectivity index (χ4n) is 2.66. The van der Waals surface area contributed by atoms with E-state index in [1.165, 1.54) is 6.33 Å². The van der Waals surface area contributed by atoms with E-state index < -0.39 is 0 Å². The lowest BCUT2D eigenvalue weighted by molar-refractivity contribution is 1.15. The maximum absolute atomic E-state index is 12.3. The third-order valence-corrected chi connectivity index (χ3v) is 3.83. The Bertz CT molecular complexity index is 1060. The molecule has 5 heteroatoms. The van der Waals surface area contributed by atoms with Gasteiger partial charge in [0.05, 0.1) is 17.2 Å². The summed E-state index contributed by atoms with van der Waals surface area (Å²) in [6.45, 7) is 0. The molecular formula is C17H10ClN3O. The van der Waals surface area contributed by atoms with Crippen molar-refractivity contribution in [2.75, 3.05) is 0 Å². The molecule has 0 amide bonds. The SMILES string of the molecule is O=c1[nH]cnc2nc3ccc(Cl)cc3c(-c3ccccc3)c12. The normalized spacial score (nSPS) is 11.1. The van der Waals surface area contributed by atoms with Gasteiger partial charge in [0.25, 0.3) is 5.56 Å². The molecular weight excluding hydrogens is 298 g/mol. The monoisotopic (exact) mass is 307 g/mol. The van der Waals surface area contributed by atoms with Gasteiger partial charge in [-0.3, -0.25) is 4.79 Å². The fourth-order valence-corrected chi connectivity index (χ4v) is 2.83. The van der Waals surface area contributed by atoms with E-state index >= 15 is 0 Å². The zero-order valence-electron chi connectivity index (χ0n) is 11.4. The molecule has 0 atom stereocenters. The molecule has 4 rings (SSSR count). The summed E-state index contributed by atoms with van der Waals surface area (Å²) in [6, 6.07) is 15.2. The Morgan fingerprint density at radius 2 is 1.86 bits per heavy atom. The molecule has 0 bridgehead atoms. The zero-order valence-corrected chi connectivity index (χ0v) is 12.1. The number of nitrogens with one attached hydrogen (secondary N) is 1. The van der Waals surface area contributed by atoms with E-state index in [1.807, 2.05) is 42.5 Å². The van der Waals surface area contributed by atoms with Crippen LogP contribution in [-0.4, -0.2) is 15.0 Å². The lowest BCUT2D eigenvalue weighted by Gasteiger charge is -2.10. The molecule has 22 heavy (non-hydrogen) atoms. The van der Waals surface area contributed by atoms with Gasteiger partial charge < -0.3 is 4.98 Å². The number of hydrogen-bond acceptors (Lipinski definition) is 3. The van der Waals surface area contributed by atoms with Crippen molar-refractivity contribution in [3.8, 4) is 11.1 Å². The van der Waals surface area contributed by atoms with E-state index in [0.29, 0.717) is 16.1 Å². The van der Waals surface area contributed by atoms with Crippen LogP contribution in [-0.2, 0) is 0 Å². The molecule has 0 radical (unpaired) electrons. The van der Waals surface area contributed by atoms with Gasteiger partial charge in [0.2, 0.25) is 0 Å². The molecule has 2 aromatic heterocycles. The average molecular weight is 308 g/mol. The number of H-pyrrole nitrogens is 1. The van der Waals surface area contributed by atoms with Crippen molar-refractivity contribution in [2.45, 2.75) is 0 Å². The first-order valence-corrected chi connectivity index (χ1v) is 7.14. The first kappa shape index (κ1) is 13.0. The highest BCUT2D eigenvalue weighted by molar-refractivity contribution is 6.31. The number of fused-ring (bicyclic) bond motifs is 2. The second kappa shape index (κ2) is 4.93. The van der Waals surface area contributed by atoms with E-state index in [0.717, 1.165) is 22.0 Å². The van der Waals surface area contributed by atoms with Crippen molar-refractivity contribution in [1.29, 1.82) is 0 Å². The van der Waals surface area contributed by atoms with Gasteiger partial charge in [-0.05, 0) is 23.8 Å². The molecule has 4 nitrogen and oxygen atoms in total. The van der Waals surface area contributed by atoms with Gasteiger partial charge in [-0.2, -0.15) is 0 Å². The van der Waals surface area contributed by atoms with Crippen LogP contribution in [0.5, 0.6) is 0 Å². The highest BCUT2D eigenvalue weighted by atomic mass is 35.5. The van der Waals surface area contributed by atoms with Crippen LogP contribution in [0.4, 0.5) is 0 Å². The molecule has 0 aliphatic heterocycles. The minimum Gasteiger partial charge on any atom is -0.312 e. The van der Waals surface area contributed by atoms with Gasteiger partial charge >= 0.3 is 0 Å². The maximum Gasteiger partial charge on any atom is 0.260 e. The molecule has 106 valence electrons. The predicted molar refractivity (Wildman–Crippen MR) is 88.1 cm³/mol. The molecule has 0 spiro atoms. The van der Waals surface area contributed by atoms with E-state index in [1.54, 1.807) is 6.07 Å². The van der Waals surface area contributed by atoms with Crippen molar-refractivity contribution in [2.24, 2.45) is 0 Å². The summed E-state index contributed by atoms with van der Waals surface area (Å²) < 4.78 is 0. The Kier molecular flexibility index (Phi) is 2.91. The lowest BCUT2D eigenvalue weighted by Crippen LogP contribution is -2.09. The number of hydrogen-bond donors (Lipinski definition) is 1. The van der Waals surface area contributed by atoms with Crippen LogP contribution in [0.2, 0.25) is 5.02 Å². The predicted octanol–water partition coefficient (Wildman–Crippen LogP) is 3.79. The topological polar surface area (TPSA) is 58.6 Å². The Morgan fingerprint density at radius 1 is 1.05 bits per heavy atom. The average Bonchev–Trinajstić information content (AvgIpc) is 2.54. The van der Waals surface area contributed by atoms with Crippen LogP contribution in [0.25, 0.3) is 33.1 Å². The summed E-state index contributed by atoms with van der Waals surface area (Å²) in [7, 11) is 0. The van der Waals surface area contributed by atoms with Crippen molar-refractivity contribution in [1.82, 2.24) is 15.0 Å². The second-order valence-electron chi connectivity index (χ2n) is 4.94. The molecule has 0 aliphatic rings. The van der Waals surface area contributed by atoms with Crippen LogP contribution >= 0.6 is 11.6 Å². The standard InChI is InChI=1S/C17H10ClN3O/c18-11-6-7-13-12(8-11)14(10-4-2-1-3-5-10)15-16(21-13)19-9-20-17(15)22/h1-9H,(H,19,20,21,22). The van der Waals surface area contributed by atoms with Gasteiger partial charge in [0, 0.05) is 16.0 Å². The molecule has 2 aromatic carbocycles. The van der Waals surface area contributed by atoms with E-state index in [4.69, 9.17) is 11.6 Å². The number of aromatic nitrogens is 3. The number of benzene rings is 2. The molecule has 0 fully saturated rings. The summed E-state index contributed by atoms with van der Waals surface area (Å²) in [5, 5.41) is 1.92. The third-order valence-electron chi connectivity index (χ3n) is 3.60. The van der Waals surface area contributed by atoms with E-state index in [-0.39, 0.29) is 5.56 Å². The van der Waals surface area contributed by atoms with Crippen molar-refractivity contribution < 1.29 is 0 Å². The van der Waals surface area contributed by atoms with Crippen LogP contribution in [0, 0.1) is 0 Å². The van der Waals surface area contributed by atoms with Crippen LogP contribution < -0.4 is 5.56 Å². The highest BCUT2D eigenvalue weighted by Gasteiger charge is 2.14. The molecule has 0 aliphatic carbocycles. The molecule has 4 aromatic rings. The van der Waals surface area contributed by atoms with Crippen molar-refractivity contribution in [3.05, 3.63) is 70.2 Å². The number of pyridine rings is 1. The molecule has 0 saturated heterocycles. The summed E-state index contributed by atoms with van der Waals surface area (Å²) >= 11 is 6.14. The third kappa shape index (κ3) is 1.96. The largest absolute Gasteiger partial charge is 0.312 e. The van der Waals surface area contributed by atoms with Gasteiger partial charge in [0.1, 0.15) is 0 Å². The summed E-state index contributed by atoms with van der Waals surface area (Å²) in [6.07, 6.45) is 1.37. The van der Waals surface area contributed by atoms with Crippen LogP contribution in [0.1, 0.15) is 0 Å². The van der Waals surface area contributed by atoms with Gasteiger partial charge in [-0.1, -0.05) is 41.9 Å². The summed E-state index contributed by atoms with van der Waals surface area (Å²) in [5.41, 5.74) is 2.71. The Hall–Kier alpha value is -2.72. The Balaban J connectivity index is 2.30. The lowest BCUT2D eigenvalue weighted by atomic mass is 9.98. The number of rotatable bonds is 1. The molecule has 0 unspecified atom stereocenters. The van der Waals surface area contributed by atoms with Crippen LogP contribution in [0.3, 0.4) is 0 Å². The van der Waals surface area contributed by atoms with E-state index in [2.05, 4.69) is 15.0 Å². The Labute approximate surface area is 130 Å². The number of nitrogens with zero attached hydrogens (tertiary/aromatic N) is 2. The molecule has 2 heterocycles. The number of aromatic amines is 1. The quantitative estimate of drug-likeness (QED) is 0.544. The van der Waals surface area contributed by atoms with Crippen molar-refractivity contribution in [3.63, 3.8) is 0 Å². The summed E-state index contributed by atoms with van der Waals surface area (Å²) in [4.78, 5) is 23.6. The van der Waals surface area contributed by atoms with E-state index in [9.17, 15) is 4.79 Å². The molecule has 0 saturated carbocycles. The van der Waals surface area contributed by atoms with Gasteiger partial charge in [-0.25, -0.2) is 9.97 Å². The van der Waals surface area contributed by atoms with Gasteiger partial charge in [0.15, 0.2) is 5.65 Å². The number of halogens is 1. The highest BCUT2D eigenvalue weighted by Crippen LogP contribution is 2.33. The minimum absolute atomic E-state index is 0.210. The maximum atomic E-state index is 12.3. The zero-order chi connectivity index (χ0) is 15.1. The van der Waals surface area contributed by atoms with Gasteiger partial charge in [-0.15, -0.1) is 0 Å². The second-order valence-corrected chi connectivity index (χ2v) is 5.38. The smallest absolute Gasteiger partial charge is 0.260 e. The van der Waals surface area contributed by atoms with Crippen LogP contribution in [0.15, 0.2) is 59.7 Å². The first-order valence-electron chi connectivity index (χ1n) is 6.76.